The number of amides is 1. The molecule has 2 aromatic carbocycles. The Labute approximate surface area is 183 Å². The van der Waals surface area contributed by atoms with E-state index in [0.29, 0.717) is 38.3 Å². The van der Waals surface area contributed by atoms with Gasteiger partial charge in [0, 0.05) is 30.6 Å². The van der Waals surface area contributed by atoms with Gasteiger partial charge in [-0.3, -0.25) is 4.79 Å². The number of nitrogens with zero attached hydrogens (tertiary/aromatic N) is 1. The second kappa shape index (κ2) is 8.26. The number of aryl methyl sites for hydroxylation is 1. The lowest BCUT2D eigenvalue weighted by Gasteiger charge is -2.38. The van der Waals surface area contributed by atoms with Gasteiger partial charge in [-0.05, 0) is 56.7 Å². The van der Waals surface area contributed by atoms with Crippen LogP contribution >= 0.6 is 0 Å². The van der Waals surface area contributed by atoms with Gasteiger partial charge in [0.2, 0.25) is 10.0 Å². The number of sulfonamides is 1. The summed E-state index contributed by atoms with van der Waals surface area (Å²) in [5.74, 6) is 0.540. The first-order valence-electron chi connectivity index (χ1n) is 10.4. The summed E-state index contributed by atoms with van der Waals surface area (Å²) >= 11 is 0. The maximum Gasteiger partial charge on any atom is 0.251 e. The van der Waals surface area contributed by atoms with Gasteiger partial charge in [-0.1, -0.05) is 12.1 Å². The van der Waals surface area contributed by atoms with E-state index in [0.717, 1.165) is 16.9 Å². The summed E-state index contributed by atoms with van der Waals surface area (Å²) in [7, 11) is -3.59. The molecule has 31 heavy (non-hydrogen) atoms. The minimum atomic E-state index is -3.59. The molecule has 166 valence electrons. The molecule has 2 aliphatic heterocycles. The summed E-state index contributed by atoms with van der Waals surface area (Å²) in [6.45, 7) is 7.47. The van der Waals surface area contributed by atoms with Crippen LogP contribution in [-0.2, 0) is 14.8 Å². The molecule has 1 saturated heterocycles. The van der Waals surface area contributed by atoms with E-state index in [1.165, 1.54) is 16.4 Å². The maximum atomic E-state index is 12.9. The number of ether oxygens (including phenoxy) is 2. The van der Waals surface area contributed by atoms with E-state index >= 15 is 0 Å². The predicted molar refractivity (Wildman–Crippen MR) is 117 cm³/mol. The van der Waals surface area contributed by atoms with Crippen molar-refractivity contribution in [3.05, 3.63) is 59.2 Å². The fourth-order valence-electron chi connectivity index (χ4n) is 4.04. The van der Waals surface area contributed by atoms with Crippen LogP contribution in [0.1, 0.15) is 47.8 Å². The van der Waals surface area contributed by atoms with Crippen molar-refractivity contribution in [1.29, 1.82) is 0 Å². The van der Waals surface area contributed by atoms with Crippen LogP contribution in [0.2, 0.25) is 0 Å². The Bertz CT molecular complexity index is 1070. The molecule has 0 aromatic heterocycles. The highest BCUT2D eigenvalue weighted by Gasteiger charge is 2.35. The largest absolute Gasteiger partial charge is 0.487 e. The molecule has 1 atom stereocenters. The van der Waals surface area contributed by atoms with Gasteiger partial charge in [0.1, 0.15) is 11.4 Å². The number of nitrogens with one attached hydrogen (secondary N) is 1. The number of fused-ring (bicyclic) bond motifs is 1. The van der Waals surface area contributed by atoms with Crippen LogP contribution in [0.5, 0.6) is 5.75 Å². The first-order valence-corrected chi connectivity index (χ1v) is 11.9. The number of hydrogen-bond acceptors (Lipinski definition) is 5. The monoisotopic (exact) mass is 444 g/mol. The standard InChI is InChI=1S/C23H28N2O5S/c1-16-4-9-19-20(15-23(2,3)30-21(19)14-16)24-22(26)17-5-7-18(8-6-17)31(27,28)25-10-12-29-13-11-25/h4-9,14,20H,10-13,15H2,1-3H3,(H,24,26). The molecule has 4 rings (SSSR count). The Morgan fingerprint density at radius 2 is 1.77 bits per heavy atom. The first kappa shape index (κ1) is 21.8. The lowest BCUT2D eigenvalue weighted by atomic mass is 9.89. The summed E-state index contributed by atoms with van der Waals surface area (Å²) in [5.41, 5.74) is 2.05. The van der Waals surface area contributed by atoms with Crippen molar-refractivity contribution in [2.24, 2.45) is 0 Å². The van der Waals surface area contributed by atoms with E-state index in [9.17, 15) is 13.2 Å². The molecular weight excluding hydrogens is 416 g/mol. The lowest BCUT2D eigenvalue weighted by molar-refractivity contribution is 0.0619. The van der Waals surface area contributed by atoms with E-state index in [4.69, 9.17) is 9.47 Å². The van der Waals surface area contributed by atoms with Crippen molar-refractivity contribution in [2.75, 3.05) is 26.3 Å². The summed E-state index contributed by atoms with van der Waals surface area (Å²) in [4.78, 5) is 13.1. The molecule has 8 heteroatoms. The second-order valence-electron chi connectivity index (χ2n) is 8.67. The molecule has 1 fully saturated rings. The third-order valence-corrected chi connectivity index (χ3v) is 7.57. The molecule has 0 radical (unpaired) electrons. The van der Waals surface area contributed by atoms with Crippen molar-refractivity contribution in [3.63, 3.8) is 0 Å². The molecule has 2 aromatic rings. The summed E-state index contributed by atoms with van der Waals surface area (Å²) in [6.07, 6.45) is 0.637. The summed E-state index contributed by atoms with van der Waals surface area (Å²) in [5, 5.41) is 3.09. The van der Waals surface area contributed by atoms with Gasteiger partial charge in [-0.2, -0.15) is 4.31 Å². The lowest BCUT2D eigenvalue weighted by Crippen LogP contribution is -2.41. The van der Waals surface area contributed by atoms with Gasteiger partial charge in [-0.15, -0.1) is 0 Å². The van der Waals surface area contributed by atoms with Crippen LogP contribution in [0.15, 0.2) is 47.4 Å². The van der Waals surface area contributed by atoms with Gasteiger partial charge in [0.15, 0.2) is 0 Å². The van der Waals surface area contributed by atoms with Crippen LogP contribution in [0, 0.1) is 6.92 Å². The molecule has 1 unspecified atom stereocenters. The molecule has 0 saturated carbocycles. The fourth-order valence-corrected chi connectivity index (χ4v) is 5.45. The molecule has 2 heterocycles. The van der Waals surface area contributed by atoms with Crippen LogP contribution in [0.25, 0.3) is 0 Å². The highest BCUT2D eigenvalue weighted by atomic mass is 32.2. The van der Waals surface area contributed by atoms with Crippen LogP contribution in [-0.4, -0.2) is 50.5 Å². The van der Waals surface area contributed by atoms with E-state index in [2.05, 4.69) is 5.32 Å². The molecule has 0 aliphatic carbocycles. The quantitative estimate of drug-likeness (QED) is 0.784. The number of rotatable bonds is 4. The molecule has 1 N–H and O–H groups in total. The van der Waals surface area contributed by atoms with E-state index in [1.807, 2.05) is 39.0 Å². The SMILES string of the molecule is Cc1ccc2c(c1)OC(C)(C)CC2NC(=O)c1ccc(S(=O)(=O)N2CCOCC2)cc1. The van der Waals surface area contributed by atoms with Crippen molar-refractivity contribution >= 4 is 15.9 Å². The predicted octanol–water partition coefficient (Wildman–Crippen LogP) is 3.05. The van der Waals surface area contributed by atoms with Crippen molar-refractivity contribution in [3.8, 4) is 5.75 Å². The van der Waals surface area contributed by atoms with Crippen molar-refractivity contribution in [2.45, 2.75) is 43.7 Å². The van der Waals surface area contributed by atoms with E-state index < -0.39 is 15.6 Å². The number of benzene rings is 2. The number of carbonyl (C=O) groups is 1. The van der Waals surface area contributed by atoms with E-state index in [-0.39, 0.29) is 16.8 Å². The van der Waals surface area contributed by atoms with Gasteiger partial charge in [0.05, 0.1) is 24.2 Å². The Hall–Kier alpha value is -2.42. The topological polar surface area (TPSA) is 84.9 Å². The average Bonchev–Trinajstić information content (AvgIpc) is 2.73. The molecule has 0 spiro atoms. The molecular formula is C23H28N2O5S. The zero-order valence-corrected chi connectivity index (χ0v) is 18.9. The molecule has 1 amide bonds. The smallest absolute Gasteiger partial charge is 0.251 e. The van der Waals surface area contributed by atoms with Crippen LogP contribution < -0.4 is 10.1 Å². The number of hydrogen-bond donors (Lipinski definition) is 1. The average molecular weight is 445 g/mol. The molecule has 0 bridgehead atoms. The minimum Gasteiger partial charge on any atom is -0.487 e. The highest BCUT2D eigenvalue weighted by molar-refractivity contribution is 7.89. The van der Waals surface area contributed by atoms with Crippen molar-refractivity contribution < 1.29 is 22.7 Å². The first-order chi connectivity index (χ1) is 14.7. The van der Waals surface area contributed by atoms with Gasteiger partial charge >= 0.3 is 0 Å². The van der Waals surface area contributed by atoms with Crippen LogP contribution in [0.4, 0.5) is 0 Å². The van der Waals surface area contributed by atoms with Gasteiger partial charge < -0.3 is 14.8 Å². The maximum absolute atomic E-state index is 12.9. The third-order valence-electron chi connectivity index (χ3n) is 5.66. The Morgan fingerprint density at radius 1 is 1.10 bits per heavy atom. The Morgan fingerprint density at radius 3 is 2.45 bits per heavy atom. The number of carbonyl (C=O) groups excluding carboxylic acids is 1. The Kier molecular flexibility index (Phi) is 5.81. The normalized spacial score (nSPS) is 21.1. The number of morpholine rings is 1. The molecule has 7 nitrogen and oxygen atoms in total. The summed E-state index contributed by atoms with van der Waals surface area (Å²) in [6, 6.07) is 11.9. The third kappa shape index (κ3) is 4.61. The second-order valence-corrected chi connectivity index (χ2v) is 10.6. The highest BCUT2D eigenvalue weighted by Crippen LogP contribution is 2.40. The Balaban J connectivity index is 1.52. The van der Waals surface area contributed by atoms with Gasteiger partial charge in [0.25, 0.3) is 5.91 Å². The minimum absolute atomic E-state index is 0.180. The zero-order valence-electron chi connectivity index (χ0n) is 18.1. The summed E-state index contributed by atoms with van der Waals surface area (Å²) < 4.78 is 38.3. The fraction of sp³-hybridized carbons (Fsp3) is 0.435. The zero-order chi connectivity index (χ0) is 22.2. The van der Waals surface area contributed by atoms with E-state index in [1.54, 1.807) is 12.1 Å². The van der Waals surface area contributed by atoms with Crippen LogP contribution in [0.3, 0.4) is 0 Å². The van der Waals surface area contributed by atoms with Gasteiger partial charge in [-0.25, -0.2) is 8.42 Å². The molecule has 2 aliphatic rings. The van der Waals surface area contributed by atoms with Crippen molar-refractivity contribution in [1.82, 2.24) is 9.62 Å².